The van der Waals surface area contributed by atoms with Crippen LogP contribution in [0, 0.1) is 13.8 Å². The highest BCUT2D eigenvalue weighted by Crippen LogP contribution is 2.43. The van der Waals surface area contributed by atoms with Gasteiger partial charge < -0.3 is 14.5 Å². The Morgan fingerprint density at radius 2 is 1.11 bits per heavy atom. The Morgan fingerprint density at radius 1 is 0.444 bits per heavy atom. The van der Waals surface area contributed by atoms with Crippen LogP contribution in [0.3, 0.4) is 0 Å². The number of benzene rings is 8. The van der Waals surface area contributed by atoms with Gasteiger partial charge in [0.1, 0.15) is 0 Å². The molecule has 10 aromatic rings. The summed E-state index contributed by atoms with van der Waals surface area (Å²) in [6, 6.07) is 62.4. The lowest BCUT2D eigenvalue weighted by Gasteiger charge is -2.26. The van der Waals surface area contributed by atoms with E-state index in [1.165, 1.54) is 93.6 Å². The molecule has 1 N–H and O–H groups in total. The predicted molar refractivity (Wildman–Crippen MR) is 232 cm³/mol. The number of hydrogen-bond acceptors (Lipinski definition) is 1. The molecule has 0 unspecified atom stereocenters. The van der Waals surface area contributed by atoms with Crippen molar-refractivity contribution in [2.45, 2.75) is 13.8 Å². The summed E-state index contributed by atoms with van der Waals surface area (Å²) in [5.74, 6) is 0. The molecule has 0 amide bonds. The maximum Gasteiger partial charge on any atom is 0.198 e. The topological polar surface area (TPSA) is 21.9 Å². The lowest BCUT2D eigenvalue weighted by Crippen LogP contribution is -2.37. The Kier molecular flexibility index (Phi) is 6.78. The van der Waals surface area contributed by atoms with Crippen molar-refractivity contribution >= 4 is 73.2 Å². The summed E-state index contributed by atoms with van der Waals surface area (Å²) in [6.07, 6.45) is 0. The molecule has 0 saturated carbocycles. The number of fused-ring (bicyclic) bond motifs is 8. The van der Waals surface area contributed by atoms with Crippen LogP contribution in [0.2, 0.25) is 0 Å². The van der Waals surface area contributed by atoms with Crippen molar-refractivity contribution in [2.75, 3.05) is 5.32 Å². The molecule has 54 heavy (non-hydrogen) atoms. The summed E-state index contributed by atoms with van der Waals surface area (Å²) in [6.45, 7) is 4.41. The number of hydrogen-bond donors (Lipinski definition) is 1. The molecule has 1 aliphatic heterocycles. The summed E-state index contributed by atoms with van der Waals surface area (Å²) in [4.78, 5) is 0. The first kappa shape index (κ1) is 30.8. The van der Waals surface area contributed by atoms with Gasteiger partial charge in [-0.25, -0.2) is 0 Å². The minimum Gasteiger partial charge on any atom is -0.355 e. The summed E-state index contributed by atoms with van der Waals surface area (Å²) in [5, 5.41) is 9.06. The molecule has 3 nitrogen and oxygen atoms in total. The van der Waals surface area contributed by atoms with Gasteiger partial charge in [-0.2, -0.15) is 0 Å². The molecule has 2 aromatic heterocycles. The van der Waals surface area contributed by atoms with Crippen LogP contribution in [-0.4, -0.2) is 16.4 Å². The Morgan fingerprint density at radius 3 is 1.91 bits per heavy atom. The zero-order valence-corrected chi connectivity index (χ0v) is 30.3. The fourth-order valence-corrected chi connectivity index (χ4v) is 9.06. The standard InChI is InChI=1S/C50H36BN3/c1-31-15-6-8-19-35(31)33-27-41(49-48(28-33)54-46-26-13-9-20-36(46)38-22-14-23-42(51-49)50(38)54)39-29-40-37-21-10-12-25-45(37)53(34-17-4-3-5-18-34)47(40)30-44(39)52-43-24-11-7-16-32(43)2/h3-30,51-52H,1-2H3. The summed E-state index contributed by atoms with van der Waals surface area (Å²) in [7, 11) is 0.847. The summed E-state index contributed by atoms with van der Waals surface area (Å²) < 4.78 is 4.95. The van der Waals surface area contributed by atoms with E-state index in [2.05, 4.69) is 198 Å². The van der Waals surface area contributed by atoms with Crippen molar-refractivity contribution in [2.24, 2.45) is 0 Å². The van der Waals surface area contributed by atoms with Crippen LogP contribution in [-0.2, 0) is 0 Å². The normalized spacial score (nSPS) is 12.0. The Bertz CT molecular complexity index is 3130. The van der Waals surface area contributed by atoms with Crippen molar-refractivity contribution in [3.05, 3.63) is 181 Å². The average Bonchev–Trinajstić information content (AvgIpc) is 3.72. The number of nitrogens with zero attached hydrogens (tertiary/aromatic N) is 2. The van der Waals surface area contributed by atoms with Gasteiger partial charge in [-0.05, 0) is 102 Å². The average molecular weight is 690 g/mol. The lowest BCUT2D eigenvalue weighted by atomic mass is 9.58. The predicted octanol–water partition coefficient (Wildman–Crippen LogP) is 11.3. The van der Waals surface area contributed by atoms with E-state index in [1.54, 1.807) is 0 Å². The van der Waals surface area contributed by atoms with E-state index in [0.717, 1.165) is 24.3 Å². The molecule has 0 radical (unpaired) electrons. The number of rotatable bonds is 5. The van der Waals surface area contributed by atoms with Gasteiger partial charge in [-0.3, -0.25) is 0 Å². The van der Waals surface area contributed by atoms with Crippen molar-refractivity contribution in [1.29, 1.82) is 0 Å². The third-order valence-electron chi connectivity index (χ3n) is 11.6. The molecular formula is C50H36BN3. The molecule has 0 fully saturated rings. The molecule has 0 atom stereocenters. The number of nitrogens with one attached hydrogen (secondary N) is 1. The van der Waals surface area contributed by atoms with Gasteiger partial charge in [0, 0.05) is 55.4 Å². The number of para-hydroxylation sites is 5. The number of aromatic nitrogens is 2. The SMILES string of the molecule is Cc1ccccc1Nc1cc2c(cc1-c1cc(-c3ccccc3C)cc3c1Bc1cccc4c5ccccc5n-3c14)c1ccccc1n2-c1ccccc1. The van der Waals surface area contributed by atoms with Crippen LogP contribution in [0.5, 0.6) is 0 Å². The first-order valence-electron chi connectivity index (χ1n) is 18.8. The summed E-state index contributed by atoms with van der Waals surface area (Å²) in [5.41, 5.74) is 19.6. The molecule has 0 spiro atoms. The lowest BCUT2D eigenvalue weighted by molar-refractivity contribution is 1.18. The largest absolute Gasteiger partial charge is 0.355 e. The third-order valence-corrected chi connectivity index (χ3v) is 11.6. The van der Waals surface area contributed by atoms with Gasteiger partial charge in [0.05, 0.1) is 16.6 Å². The van der Waals surface area contributed by atoms with Crippen molar-refractivity contribution in [3.63, 3.8) is 0 Å². The monoisotopic (exact) mass is 689 g/mol. The molecule has 8 aromatic carbocycles. The maximum atomic E-state index is 3.98. The van der Waals surface area contributed by atoms with Crippen LogP contribution in [0.4, 0.5) is 11.4 Å². The highest BCUT2D eigenvalue weighted by Gasteiger charge is 2.28. The minimum atomic E-state index is 0.847. The molecule has 0 bridgehead atoms. The van der Waals surface area contributed by atoms with E-state index < -0.39 is 0 Å². The van der Waals surface area contributed by atoms with Gasteiger partial charge in [0.2, 0.25) is 0 Å². The first-order valence-corrected chi connectivity index (χ1v) is 18.8. The van der Waals surface area contributed by atoms with Crippen molar-refractivity contribution < 1.29 is 0 Å². The van der Waals surface area contributed by atoms with Gasteiger partial charge >= 0.3 is 0 Å². The van der Waals surface area contributed by atoms with Gasteiger partial charge in [0.25, 0.3) is 0 Å². The highest BCUT2D eigenvalue weighted by atomic mass is 15.0. The third kappa shape index (κ3) is 4.56. The molecule has 3 heterocycles. The van der Waals surface area contributed by atoms with Crippen molar-refractivity contribution in [1.82, 2.24) is 9.13 Å². The first-order chi connectivity index (χ1) is 26.6. The van der Waals surface area contributed by atoms with E-state index in [-0.39, 0.29) is 0 Å². The zero-order valence-electron chi connectivity index (χ0n) is 30.3. The molecule has 4 heteroatoms. The van der Waals surface area contributed by atoms with Crippen LogP contribution in [0.25, 0.3) is 77.2 Å². The smallest absolute Gasteiger partial charge is 0.198 e. The van der Waals surface area contributed by atoms with Gasteiger partial charge in [-0.1, -0.05) is 121 Å². The van der Waals surface area contributed by atoms with E-state index in [9.17, 15) is 0 Å². The van der Waals surface area contributed by atoms with Gasteiger partial charge in [0.15, 0.2) is 7.28 Å². The maximum absolute atomic E-state index is 3.98. The minimum absolute atomic E-state index is 0.847. The second-order valence-electron chi connectivity index (χ2n) is 14.7. The molecule has 254 valence electrons. The zero-order chi connectivity index (χ0) is 35.9. The number of aryl methyl sites for hydroxylation is 2. The molecule has 1 aliphatic rings. The Balaban J connectivity index is 1.28. The molecule has 0 aliphatic carbocycles. The fourth-order valence-electron chi connectivity index (χ4n) is 9.06. The molecule has 11 rings (SSSR count). The van der Waals surface area contributed by atoms with E-state index in [0.29, 0.717) is 0 Å². The second kappa shape index (κ2) is 11.9. The van der Waals surface area contributed by atoms with Crippen molar-refractivity contribution in [3.8, 4) is 33.6 Å². The van der Waals surface area contributed by atoms with E-state index in [4.69, 9.17) is 0 Å². The second-order valence-corrected chi connectivity index (χ2v) is 14.7. The molecular weight excluding hydrogens is 653 g/mol. The Hall–Kier alpha value is -6.78. The quantitative estimate of drug-likeness (QED) is 0.179. The summed E-state index contributed by atoms with van der Waals surface area (Å²) >= 11 is 0. The van der Waals surface area contributed by atoms with Crippen LogP contribution < -0.4 is 16.2 Å². The highest BCUT2D eigenvalue weighted by molar-refractivity contribution is 6.73. The van der Waals surface area contributed by atoms with Gasteiger partial charge in [-0.15, -0.1) is 0 Å². The number of anilines is 2. The Labute approximate surface area is 315 Å². The fraction of sp³-hybridized carbons (Fsp3) is 0.0400. The van der Waals surface area contributed by atoms with Crippen LogP contribution >= 0.6 is 0 Å². The molecule has 0 saturated heterocycles. The van der Waals surface area contributed by atoms with E-state index >= 15 is 0 Å². The van der Waals surface area contributed by atoms with Crippen LogP contribution in [0.1, 0.15) is 11.1 Å². The van der Waals surface area contributed by atoms with Crippen LogP contribution in [0.15, 0.2) is 170 Å². The van der Waals surface area contributed by atoms with E-state index in [1.807, 2.05) is 0 Å².